The summed E-state index contributed by atoms with van der Waals surface area (Å²) in [6.45, 7) is 4.83. The van der Waals surface area contributed by atoms with Gasteiger partial charge < -0.3 is 9.80 Å². The van der Waals surface area contributed by atoms with Crippen LogP contribution in [0.1, 0.15) is 65.6 Å². The summed E-state index contributed by atoms with van der Waals surface area (Å²) in [6, 6.07) is 16.9. The lowest BCUT2D eigenvalue weighted by atomic mass is 9.90. The van der Waals surface area contributed by atoms with Crippen molar-refractivity contribution >= 4 is 5.91 Å². The highest BCUT2D eigenvalue weighted by Crippen LogP contribution is 2.36. The van der Waals surface area contributed by atoms with Gasteiger partial charge in [-0.05, 0) is 80.9 Å². The average Bonchev–Trinajstić information content (AvgIpc) is 3.39. The highest BCUT2D eigenvalue weighted by Gasteiger charge is 2.34. The third kappa shape index (κ3) is 4.76. The van der Waals surface area contributed by atoms with Gasteiger partial charge in [0, 0.05) is 31.5 Å². The number of hydrogen-bond acceptors (Lipinski definition) is 3. The molecular formula is C29H33FN4O. The van der Waals surface area contributed by atoms with Crippen LogP contribution < -0.4 is 0 Å². The normalized spacial score (nSPS) is 21.5. The first-order valence-electron chi connectivity index (χ1n) is 13.1. The molecule has 1 aromatic heterocycles. The number of carbonyl (C=O) groups excluding carboxylic acids is 1. The van der Waals surface area contributed by atoms with Gasteiger partial charge in [0.1, 0.15) is 5.82 Å². The largest absolute Gasteiger partial charge is 0.338 e. The first-order valence-corrected chi connectivity index (χ1v) is 13.1. The van der Waals surface area contributed by atoms with Gasteiger partial charge >= 0.3 is 0 Å². The Balaban J connectivity index is 1.26. The van der Waals surface area contributed by atoms with Gasteiger partial charge in [-0.1, -0.05) is 30.3 Å². The number of aromatic nitrogens is 2. The minimum absolute atomic E-state index is 0.0761. The third-order valence-corrected chi connectivity index (χ3v) is 8.04. The highest BCUT2D eigenvalue weighted by molar-refractivity contribution is 5.95. The molecule has 2 aliphatic heterocycles. The summed E-state index contributed by atoms with van der Waals surface area (Å²) in [5.74, 6) is 1.34. The molecule has 1 amide bonds. The van der Waals surface area contributed by atoms with Gasteiger partial charge in [-0.2, -0.15) is 5.10 Å². The van der Waals surface area contributed by atoms with E-state index in [9.17, 15) is 9.18 Å². The molecule has 1 saturated carbocycles. The standard InChI is InChI=1S/C29H33FN4O/c30-25-8-10-26(11-9-25)34-28(23-12-15-32(16-13-23)19-21-6-7-21)27(18-31-34)29(35)33-17-14-24(20-33)22-4-2-1-3-5-22/h1-5,8-11,18,21,23-24H,6-7,12-17,19-20H2/t24-/m0/s1. The van der Waals surface area contributed by atoms with E-state index in [2.05, 4.69) is 34.3 Å². The number of rotatable bonds is 6. The molecule has 1 atom stereocenters. The summed E-state index contributed by atoms with van der Waals surface area (Å²) < 4.78 is 15.5. The molecule has 0 spiro atoms. The van der Waals surface area contributed by atoms with Crippen molar-refractivity contribution in [3.05, 3.63) is 83.4 Å². The highest BCUT2D eigenvalue weighted by atomic mass is 19.1. The Morgan fingerprint density at radius 3 is 2.31 bits per heavy atom. The second-order valence-electron chi connectivity index (χ2n) is 10.5. The first-order chi connectivity index (χ1) is 17.2. The van der Waals surface area contributed by atoms with Crippen LogP contribution in [0.15, 0.2) is 60.8 Å². The van der Waals surface area contributed by atoms with Crippen LogP contribution in [0, 0.1) is 11.7 Å². The number of likely N-dealkylation sites (tertiary alicyclic amines) is 2. The fourth-order valence-corrected chi connectivity index (χ4v) is 5.87. The molecule has 182 valence electrons. The number of halogens is 1. The summed E-state index contributed by atoms with van der Waals surface area (Å²) >= 11 is 0. The second-order valence-corrected chi connectivity index (χ2v) is 10.5. The maximum atomic E-state index is 13.8. The van der Waals surface area contributed by atoms with Crippen LogP contribution in [0.4, 0.5) is 4.39 Å². The van der Waals surface area contributed by atoms with Crippen molar-refractivity contribution in [1.29, 1.82) is 0 Å². The topological polar surface area (TPSA) is 41.4 Å². The molecule has 6 heteroatoms. The molecule has 35 heavy (non-hydrogen) atoms. The van der Waals surface area contributed by atoms with Gasteiger partial charge in [0.2, 0.25) is 0 Å². The number of hydrogen-bond donors (Lipinski definition) is 0. The molecule has 2 aromatic carbocycles. The van der Waals surface area contributed by atoms with Crippen molar-refractivity contribution in [3.63, 3.8) is 0 Å². The molecule has 5 nitrogen and oxygen atoms in total. The lowest BCUT2D eigenvalue weighted by Gasteiger charge is -2.33. The molecule has 0 N–H and O–H groups in total. The van der Waals surface area contributed by atoms with Crippen LogP contribution in [0.2, 0.25) is 0 Å². The summed E-state index contributed by atoms with van der Waals surface area (Å²) in [6.07, 6.45) is 7.51. The van der Waals surface area contributed by atoms with E-state index >= 15 is 0 Å². The van der Waals surface area contributed by atoms with Crippen molar-refractivity contribution < 1.29 is 9.18 Å². The fraction of sp³-hybridized carbons (Fsp3) is 0.448. The van der Waals surface area contributed by atoms with Crippen LogP contribution in [0.25, 0.3) is 5.69 Å². The zero-order valence-corrected chi connectivity index (χ0v) is 20.2. The van der Waals surface area contributed by atoms with Crippen molar-refractivity contribution in [2.45, 2.75) is 43.9 Å². The van der Waals surface area contributed by atoms with E-state index in [1.807, 2.05) is 15.6 Å². The SMILES string of the molecule is O=C(c1cnn(-c2ccc(F)cc2)c1C1CCN(CC2CC2)CC1)N1CC[C@H](c2ccccc2)C1. The minimum atomic E-state index is -0.267. The van der Waals surface area contributed by atoms with E-state index in [-0.39, 0.29) is 17.6 Å². The number of carbonyl (C=O) groups is 1. The van der Waals surface area contributed by atoms with E-state index in [0.717, 1.165) is 62.7 Å². The van der Waals surface area contributed by atoms with Crippen LogP contribution in [0.3, 0.4) is 0 Å². The summed E-state index contributed by atoms with van der Waals surface area (Å²) in [7, 11) is 0. The maximum absolute atomic E-state index is 13.8. The van der Waals surface area contributed by atoms with Gasteiger partial charge in [0.05, 0.1) is 23.1 Å². The smallest absolute Gasteiger partial charge is 0.257 e. The zero-order chi connectivity index (χ0) is 23.8. The van der Waals surface area contributed by atoms with Crippen LogP contribution >= 0.6 is 0 Å². The zero-order valence-electron chi connectivity index (χ0n) is 20.2. The van der Waals surface area contributed by atoms with Crippen molar-refractivity contribution in [3.8, 4) is 5.69 Å². The lowest BCUT2D eigenvalue weighted by Crippen LogP contribution is -2.36. The molecule has 3 heterocycles. The van der Waals surface area contributed by atoms with E-state index in [4.69, 9.17) is 0 Å². The third-order valence-electron chi connectivity index (χ3n) is 8.04. The molecule has 2 saturated heterocycles. The predicted octanol–water partition coefficient (Wildman–Crippen LogP) is 5.23. The number of amides is 1. The molecule has 3 fully saturated rings. The summed E-state index contributed by atoms with van der Waals surface area (Å²) in [5.41, 5.74) is 3.82. The molecule has 0 radical (unpaired) electrons. The van der Waals surface area contributed by atoms with Gasteiger partial charge in [-0.15, -0.1) is 0 Å². The number of nitrogens with zero attached hydrogens (tertiary/aromatic N) is 4. The fourth-order valence-electron chi connectivity index (χ4n) is 5.87. The molecule has 3 aliphatic rings. The average molecular weight is 473 g/mol. The van der Waals surface area contributed by atoms with Crippen molar-refractivity contribution in [1.82, 2.24) is 19.6 Å². The second kappa shape index (κ2) is 9.57. The minimum Gasteiger partial charge on any atom is -0.338 e. The Hall–Kier alpha value is -2.99. The van der Waals surface area contributed by atoms with Crippen molar-refractivity contribution in [2.75, 3.05) is 32.7 Å². The number of piperidine rings is 1. The molecule has 1 aliphatic carbocycles. The predicted molar refractivity (Wildman–Crippen MR) is 134 cm³/mol. The van der Waals surface area contributed by atoms with E-state index in [1.165, 1.54) is 37.1 Å². The Morgan fingerprint density at radius 1 is 0.886 bits per heavy atom. The number of benzene rings is 2. The van der Waals surface area contributed by atoms with Gasteiger partial charge in [0.15, 0.2) is 0 Å². The molecular weight excluding hydrogens is 439 g/mol. The van der Waals surface area contributed by atoms with Crippen molar-refractivity contribution in [2.24, 2.45) is 5.92 Å². The van der Waals surface area contributed by atoms with E-state index < -0.39 is 0 Å². The quantitative estimate of drug-likeness (QED) is 0.493. The van der Waals surface area contributed by atoms with Crippen LogP contribution in [-0.2, 0) is 0 Å². The van der Waals surface area contributed by atoms with Gasteiger partial charge in [-0.3, -0.25) is 4.79 Å². The molecule has 6 rings (SSSR count). The molecule has 0 unspecified atom stereocenters. The monoisotopic (exact) mass is 472 g/mol. The molecule has 0 bridgehead atoms. The van der Waals surface area contributed by atoms with Gasteiger partial charge in [-0.25, -0.2) is 9.07 Å². The Bertz CT molecular complexity index is 1160. The summed E-state index contributed by atoms with van der Waals surface area (Å²) in [5, 5.41) is 4.67. The first kappa shape index (κ1) is 22.5. The Kier molecular flexibility index (Phi) is 6.15. The van der Waals surface area contributed by atoms with E-state index in [1.54, 1.807) is 18.3 Å². The Labute approximate surface area is 206 Å². The van der Waals surface area contributed by atoms with E-state index in [0.29, 0.717) is 11.5 Å². The lowest BCUT2D eigenvalue weighted by molar-refractivity contribution is 0.0788. The summed E-state index contributed by atoms with van der Waals surface area (Å²) in [4.78, 5) is 18.4. The molecule has 3 aromatic rings. The Morgan fingerprint density at radius 2 is 1.60 bits per heavy atom. The van der Waals surface area contributed by atoms with Gasteiger partial charge in [0.25, 0.3) is 5.91 Å². The maximum Gasteiger partial charge on any atom is 0.257 e. The van der Waals surface area contributed by atoms with Crippen LogP contribution in [0.5, 0.6) is 0 Å². The van der Waals surface area contributed by atoms with Crippen LogP contribution in [-0.4, -0.2) is 58.2 Å².